The van der Waals surface area contributed by atoms with E-state index in [0.29, 0.717) is 19.1 Å². The molecule has 0 aliphatic carbocycles. The molecule has 1 saturated heterocycles. The summed E-state index contributed by atoms with van der Waals surface area (Å²) in [6.45, 7) is 7.05. The van der Waals surface area contributed by atoms with Crippen molar-refractivity contribution < 1.29 is 13.2 Å². The van der Waals surface area contributed by atoms with Crippen molar-refractivity contribution in [1.29, 1.82) is 0 Å². The first-order valence-electron chi connectivity index (χ1n) is 6.48. The van der Waals surface area contributed by atoms with Gasteiger partial charge < -0.3 is 10.6 Å². The Balaban J connectivity index is 2.16. The van der Waals surface area contributed by atoms with E-state index in [1.807, 2.05) is 4.90 Å². The topological polar surface area (TPSA) is 58.3 Å². The molecular weight excluding hydrogens is 271 g/mol. The normalized spacial score (nSPS) is 17.8. The van der Waals surface area contributed by atoms with E-state index < -0.39 is 11.9 Å². The van der Waals surface area contributed by atoms with Crippen molar-refractivity contribution in [2.75, 3.05) is 36.8 Å². The molecule has 0 aromatic carbocycles. The van der Waals surface area contributed by atoms with Gasteiger partial charge in [-0.3, -0.25) is 4.90 Å². The summed E-state index contributed by atoms with van der Waals surface area (Å²) >= 11 is 0. The van der Waals surface area contributed by atoms with Crippen LogP contribution >= 0.6 is 0 Å². The smallest absolute Gasteiger partial charge is 0.368 e. The SMILES string of the molecule is CC(C)N1CCN(c2cc(C(F)(F)F)nc(N)n2)CC1. The fourth-order valence-corrected chi connectivity index (χ4v) is 2.23. The number of halogens is 3. The summed E-state index contributed by atoms with van der Waals surface area (Å²) in [5, 5.41) is 0. The van der Waals surface area contributed by atoms with Crippen LogP contribution < -0.4 is 10.6 Å². The van der Waals surface area contributed by atoms with Gasteiger partial charge in [-0.1, -0.05) is 0 Å². The van der Waals surface area contributed by atoms with Gasteiger partial charge in [-0.05, 0) is 13.8 Å². The van der Waals surface area contributed by atoms with Crippen LogP contribution in [0.5, 0.6) is 0 Å². The minimum Gasteiger partial charge on any atom is -0.368 e. The van der Waals surface area contributed by atoms with E-state index in [2.05, 4.69) is 28.7 Å². The lowest BCUT2D eigenvalue weighted by atomic mass is 10.2. The molecule has 1 aromatic heterocycles. The molecule has 1 aliphatic heterocycles. The van der Waals surface area contributed by atoms with Gasteiger partial charge in [0.15, 0.2) is 5.69 Å². The molecule has 0 unspecified atom stereocenters. The summed E-state index contributed by atoms with van der Waals surface area (Å²) in [6.07, 6.45) is -4.51. The van der Waals surface area contributed by atoms with Crippen molar-refractivity contribution in [3.63, 3.8) is 0 Å². The number of hydrogen-bond donors (Lipinski definition) is 1. The number of anilines is 2. The van der Waals surface area contributed by atoms with E-state index >= 15 is 0 Å². The molecule has 8 heteroatoms. The third-order valence-electron chi connectivity index (χ3n) is 3.39. The van der Waals surface area contributed by atoms with Crippen LogP contribution in [0.2, 0.25) is 0 Å². The van der Waals surface area contributed by atoms with Gasteiger partial charge in [-0.2, -0.15) is 18.2 Å². The predicted octanol–water partition coefficient (Wildman–Crippen LogP) is 1.61. The monoisotopic (exact) mass is 289 g/mol. The summed E-state index contributed by atoms with van der Waals surface area (Å²) in [5.74, 6) is -0.102. The van der Waals surface area contributed by atoms with Crippen molar-refractivity contribution >= 4 is 11.8 Å². The van der Waals surface area contributed by atoms with E-state index in [1.54, 1.807) is 0 Å². The number of rotatable bonds is 2. The highest BCUT2D eigenvalue weighted by atomic mass is 19.4. The molecule has 1 fully saturated rings. The molecule has 112 valence electrons. The van der Waals surface area contributed by atoms with Gasteiger partial charge in [0.2, 0.25) is 5.95 Å². The summed E-state index contributed by atoms with van der Waals surface area (Å²) in [7, 11) is 0. The van der Waals surface area contributed by atoms with Crippen molar-refractivity contribution in [2.45, 2.75) is 26.1 Å². The molecule has 0 amide bonds. The quantitative estimate of drug-likeness (QED) is 0.896. The fourth-order valence-electron chi connectivity index (χ4n) is 2.23. The molecule has 0 saturated carbocycles. The molecule has 2 heterocycles. The van der Waals surface area contributed by atoms with E-state index in [-0.39, 0.29) is 11.8 Å². The number of alkyl halides is 3. The second kappa shape index (κ2) is 5.43. The number of nitrogens with two attached hydrogens (primary N) is 1. The Morgan fingerprint density at radius 1 is 1.15 bits per heavy atom. The molecule has 2 rings (SSSR count). The number of nitrogen functional groups attached to an aromatic ring is 1. The summed E-state index contributed by atoms with van der Waals surface area (Å²) < 4.78 is 38.1. The minimum atomic E-state index is -4.51. The number of hydrogen-bond acceptors (Lipinski definition) is 5. The third kappa shape index (κ3) is 3.30. The maximum atomic E-state index is 12.7. The second-order valence-corrected chi connectivity index (χ2v) is 5.08. The highest BCUT2D eigenvalue weighted by Crippen LogP contribution is 2.30. The highest BCUT2D eigenvalue weighted by molar-refractivity contribution is 5.44. The highest BCUT2D eigenvalue weighted by Gasteiger charge is 2.34. The molecule has 1 aliphatic rings. The second-order valence-electron chi connectivity index (χ2n) is 5.08. The first-order valence-corrected chi connectivity index (χ1v) is 6.48. The van der Waals surface area contributed by atoms with Crippen molar-refractivity contribution in [2.24, 2.45) is 0 Å². The molecule has 5 nitrogen and oxygen atoms in total. The van der Waals surface area contributed by atoms with Crippen LogP contribution in [0.3, 0.4) is 0 Å². The molecule has 0 atom stereocenters. The summed E-state index contributed by atoms with van der Waals surface area (Å²) in [4.78, 5) is 11.2. The largest absolute Gasteiger partial charge is 0.433 e. The third-order valence-corrected chi connectivity index (χ3v) is 3.39. The molecule has 0 spiro atoms. The van der Waals surface area contributed by atoms with Crippen LogP contribution in [0.25, 0.3) is 0 Å². The van der Waals surface area contributed by atoms with Gasteiger partial charge >= 0.3 is 6.18 Å². The van der Waals surface area contributed by atoms with Gasteiger partial charge in [0.25, 0.3) is 0 Å². The lowest BCUT2D eigenvalue weighted by molar-refractivity contribution is -0.141. The van der Waals surface area contributed by atoms with Gasteiger partial charge in [0.05, 0.1) is 0 Å². The first-order chi connectivity index (χ1) is 9.27. The Kier molecular flexibility index (Phi) is 4.03. The number of nitrogens with zero attached hydrogens (tertiary/aromatic N) is 4. The average molecular weight is 289 g/mol. The van der Waals surface area contributed by atoms with Crippen LogP contribution in [0.15, 0.2) is 6.07 Å². The van der Waals surface area contributed by atoms with E-state index in [9.17, 15) is 13.2 Å². The van der Waals surface area contributed by atoms with E-state index in [0.717, 1.165) is 19.2 Å². The minimum absolute atomic E-state index is 0.244. The Bertz CT molecular complexity index is 467. The van der Waals surface area contributed by atoms with Crippen LogP contribution in [-0.4, -0.2) is 47.1 Å². The molecule has 0 bridgehead atoms. The predicted molar refractivity (Wildman–Crippen MR) is 70.4 cm³/mol. The maximum absolute atomic E-state index is 12.7. The molecule has 0 radical (unpaired) electrons. The van der Waals surface area contributed by atoms with Gasteiger partial charge in [-0.15, -0.1) is 0 Å². The summed E-state index contributed by atoms with van der Waals surface area (Å²) in [5.41, 5.74) is 4.38. The fraction of sp³-hybridized carbons (Fsp3) is 0.667. The first kappa shape index (κ1) is 14.8. The zero-order valence-electron chi connectivity index (χ0n) is 11.5. The average Bonchev–Trinajstić information content (AvgIpc) is 2.37. The van der Waals surface area contributed by atoms with Gasteiger partial charge in [0, 0.05) is 38.3 Å². The Hall–Kier alpha value is -1.57. The molecule has 1 aromatic rings. The zero-order chi connectivity index (χ0) is 14.9. The number of aromatic nitrogens is 2. The molecule has 2 N–H and O–H groups in total. The van der Waals surface area contributed by atoms with E-state index in [1.165, 1.54) is 0 Å². The van der Waals surface area contributed by atoms with Crippen LogP contribution in [0, 0.1) is 0 Å². The Labute approximate surface area is 115 Å². The van der Waals surface area contributed by atoms with Crippen LogP contribution in [0.4, 0.5) is 24.9 Å². The van der Waals surface area contributed by atoms with Gasteiger partial charge in [-0.25, -0.2) is 4.98 Å². The molecular formula is C12H18F3N5. The number of piperazine rings is 1. The van der Waals surface area contributed by atoms with Crippen LogP contribution in [0.1, 0.15) is 19.5 Å². The zero-order valence-corrected chi connectivity index (χ0v) is 11.5. The summed E-state index contributed by atoms with van der Waals surface area (Å²) in [6, 6.07) is 1.39. The Morgan fingerprint density at radius 3 is 2.25 bits per heavy atom. The van der Waals surface area contributed by atoms with Crippen LogP contribution in [-0.2, 0) is 6.18 Å². The van der Waals surface area contributed by atoms with Crippen molar-refractivity contribution in [3.8, 4) is 0 Å². The lowest BCUT2D eigenvalue weighted by Crippen LogP contribution is -2.49. The van der Waals surface area contributed by atoms with Crippen molar-refractivity contribution in [3.05, 3.63) is 11.8 Å². The maximum Gasteiger partial charge on any atom is 0.433 e. The van der Waals surface area contributed by atoms with Gasteiger partial charge in [0.1, 0.15) is 5.82 Å². The molecule has 20 heavy (non-hydrogen) atoms. The van der Waals surface area contributed by atoms with E-state index in [4.69, 9.17) is 5.73 Å². The Morgan fingerprint density at radius 2 is 1.75 bits per heavy atom. The lowest BCUT2D eigenvalue weighted by Gasteiger charge is -2.37. The standard InChI is InChI=1S/C12H18F3N5/c1-8(2)19-3-5-20(6-4-19)10-7-9(12(13,14)15)17-11(16)18-10/h7-8H,3-6H2,1-2H3,(H2,16,17,18). The van der Waals surface area contributed by atoms with Crippen molar-refractivity contribution in [1.82, 2.24) is 14.9 Å².